The van der Waals surface area contributed by atoms with Gasteiger partial charge in [-0.3, -0.25) is 18.6 Å². The molecule has 0 aromatic rings. The molecule has 0 rings (SSSR count). The predicted molar refractivity (Wildman–Crippen MR) is 330 cm³/mol. The van der Waals surface area contributed by atoms with Gasteiger partial charge in [0.2, 0.25) is 0 Å². The maximum atomic E-state index is 12.7. The van der Waals surface area contributed by atoms with Gasteiger partial charge < -0.3 is 20.1 Å². The summed E-state index contributed by atoms with van der Waals surface area (Å²) in [5.74, 6) is -0.807. The van der Waals surface area contributed by atoms with E-state index < -0.39 is 26.5 Å². The molecule has 0 spiro atoms. The van der Waals surface area contributed by atoms with Gasteiger partial charge in [-0.1, -0.05) is 320 Å². The summed E-state index contributed by atoms with van der Waals surface area (Å²) in [5.41, 5.74) is 5.40. The van der Waals surface area contributed by atoms with E-state index in [-0.39, 0.29) is 38.6 Å². The summed E-state index contributed by atoms with van der Waals surface area (Å²) < 4.78 is 33.2. The highest BCUT2D eigenvalue weighted by atomic mass is 31.2. The van der Waals surface area contributed by atoms with Crippen LogP contribution in [0, 0.1) is 0 Å². The van der Waals surface area contributed by atoms with Gasteiger partial charge in [0.15, 0.2) is 6.10 Å². The third kappa shape index (κ3) is 63.3. The number of phosphoric acid groups is 1. The molecule has 2 atom stereocenters. The van der Waals surface area contributed by atoms with Crippen molar-refractivity contribution >= 4 is 19.8 Å². The lowest BCUT2D eigenvalue weighted by molar-refractivity contribution is -0.161. The van der Waals surface area contributed by atoms with E-state index in [1.165, 1.54) is 270 Å². The average Bonchev–Trinajstić information content (AvgIpc) is 3.42. The molecule has 9 nitrogen and oxygen atoms in total. The fourth-order valence-corrected chi connectivity index (χ4v) is 10.8. The molecule has 77 heavy (non-hydrogen) atoms. The zero-order valence-corrected chi connectivity index (χ0v) is 51.9. The van der Waals surface area contributed by atoms with Gasteiger partial charge >= 0.3 is 19.8 Å². The van der Waals surface area contributed by atoms with Gasteiger partial charge in [0.25, 0.3) is 0 Å². The summed E-state index contributed by atoms with van der Waals surface area (Å²) in [5, 5.41) is 0. The topological polar surface area (TPSA) is 134 Å². The number of rotatable bonds is 64. The number of carbonyl (C=O) groups is 2. The molecule has 0 saturated heterocycles. The van der Waals surface area contributed by atoms with Crippen LogP contribution in [0.25, 0.3) is 0 Å². The lowest BCUT2D eigenvalue weighted by Gasteiger charge is -2.19. The first kappa shape index (κ1) is 75.2. The molecule has 0 aliphatic carbocycles. The number of nitrogens with two attached hydrogens (primary N) is 1. The van der Waals surface area contributed by atoms with Gasteiger partial charge in [0.05, 0.1) is 13.2 Å². The van der Waals surface area contributed by atoms with Crippen LogP contribution in [0.4, 0.5) is 0 Å². The van der Waals surface area contributed by atoms with Crippen molar-refractivity contribution in [3.8, 4) is 0 Å². The average molecular weight is 1110 g/mol. The molecule has 3 N–H and O–H groups in total. The zero-order chi connectivity index (χ0) is 55.9. The van der Waals surface area contributed by atoms with Crippen molar-refractivity contribution in [3.63, 3.8) is 0 Å². The Morgan fingerprint density at radius 1 is 0.390 bits per heavy atom. The highest BCUT2D eigenvalue weighted by Gasteiger charge is 2.26. The van der Waals surface area contributed by atoms with Crippen LogP contribution < -0.4 is 5.73 Å². The van der Waals surface area contributed by atoms with Crippen molar-refractivity contribution in [2.75, 3.05) is 26.4 Å². The van der Waals surface area contributed by atoms with Crippen LogP contribution in [0.2, 0.25) is 0 Å². The molecule has 0 aromatic carbocycles. The van der Waals surface area contributed by atoms with E-state index in [1.807, 2.05) is 0 Å². The number of phosphoric ester groups is 1. The summed E-state index contributed by atoms with van der Waals surface area (Å²) in [6.45, 7) is 3.80. The van der Waals surface area contributed by atoms with E-state index in [4.69, 9.17) is 24.3 Å². The highest BCUT2D eigenvalue weighted by Crippen LogP contribution is 2.43. The number of allylic oxidation sites excluding steroid dienone is 6. The lowest BCUT2D eigenvalue weighted by Crippen LogP contribution is -2.29. The second-order valence-electron chi connectivity index (χ2n) is 22.7. The zero-order valence-electron chi connectivity index (χ0n) is 51.0. The Bertz CT molecular complexity index is 1350. The third-order valence-electron chi connectivity index (χ3n) is 15.0. The number of ether oxygens (including phenoxy) is 2. The second kappa shape index (κ2) is 63.4. The van der Waals surface area contributed by atoms with Gasteiger partial charge in [-0.15, -0.1) is 0 Å². The van der Waals surface area contributed by atoms with E-state index in [1.54, 1.807) is 0 Å². The smallest absolute Gasteiger partial charge is 0.462 e. The van der Waals surface area contributed by atoms with Crippen molar-refractivity contribution in [1.29, 1.82) is 0 Å². The van der Waals surface area contributed by atoms with Crippen molar-refractivity contribution < 1.29 is 37.6 Å². The minimum absolute atomic E-state index is 0.0557. The number of unbranched alkanes of at least 4 members (excludes halogenated alkanes) is 45. The maximum absolute atomic E-state index is 12.7. The van der Waals surface area contributed by atoms with Gasteiger partial charge in [-0.05, 0) is 51.4 Å². The molecular formula is C67H128NO8P. The quantitative estimate of drug-likeness (QED) is 0.0264. The van der Waals surface area contributed by atoms with Crippen LogP contribution in [-0.2, 0) is 32.7 Å². The highest BCUT2D eigenvalue weighted by molar-refractivity contribution is 7.47. The summed E-state index contributed by atoms with van der Waals surface area (Å²) in [7, 11) is -4.39. The molecular weight excluding hydrogens is 978 g/mol. The minimum atomic E-state index is -4.39. The molecule has 10 heteroatoms. The monoisotopic (exact) mass is 1110 g/mol. The largest absolute Gasteiger partial charge is 0.472 e. The van der Waals surface area contributed by atoms with E-state index >= 15 is 0 Å². The predicted octanol–water partition coefficient (Wildman–Crippen LogP) is 21.5. The molecule has 454 valence electrons. The first-order chi connectivity index (χ1) is 37.8. The molecule has 0 aliphatic rings. The Balaban J connectivity index is 3.86. The van der Waals surface area contributed by atoms with Crippen molar-refractivity contribution in [2.45, 2.75) is 354 Å². The Morgan fingerprint density at radius 3 is 1.00 bits per heavy atom. The molecule has 0 heterocycles. The van der Waals surface area contributed by atoms with Crippen molar-refractivity contribution in [1.82, 2.24) is 0 Å². The van der Waals surface area contributed by atoms with Crippen LogP contribution in [0.1, 0.15) is 348 Å². The van der Waals surface area contributed by atoms with Crippen LogP contribution in [0.3, 0.4) is 0 Å². The molecule has 0 aliphatic heterocycles. The van der Waals surface area contributed by atoms with Gasteiger partial charge in [0, 0.05) is 19.4 Å². The number of hydrogen-bond donors (Lipinski definition) is 2. The fourth-order valence-electron chi connectivity index (χ4n) is 10.1. The van der Waals surface area contributed by atoms with E-state index in [2.05, 4.69) is 50.3 Å². The Morgan fingerprint density at radius 2 is 0.675 bits per heavy atom. The number of esters is 2. The Kier molecular flexibility index (Phi) is 62.0. The maximum Gasteiger partial charge on any atom is 0.472 e. The third-order valence-corrected chi connectivity index (χ3v) is 16.0. The van der Waals surface area contributed by atoms with Crippen LogP contribution in [0.5, 0.6) is 0 Å². The summed E-state index contributed by atoms with van der Waals surface area (Å²) >= 11 is 0. The Labute approximate surface area is 477 Å². The fraction of sp³-hybridized carbons (Fsp3) is 0.881. The molecule has 0 saturated carbocycles. The van der Waals surface area contributed by atoms with Crippen LogP contribution in [-0.4, -0.2) is 49.3 Å². The van der Waals surface area contributed by atoms with E-state index in [0.717, 1.165) is 44.9 Å². The molecule has 0 bridgehead atoms. The number of carbonyl (C=O) groups excluding carboxylic acids is 2. The number of hydrogen-bond acceptors (Lipinski definition) is 8. The van der Waals surface area contributed by atoms with Crippen molar-refractivity contribution in [3.05, 3.63) is 36.5 Å². The first-order valence-corrected chi connectivity index (χ1v) is 35.0. The molecule has 0 fully saturated rings. The minimum Gasteiger partial charge on any atom is -0.462 e. The molecule has 0 radical (unpaired) electrons. The van der Waals surface area contributed by atoms with Gasteiger partial charge in [0.1, 0.15) is 6.61 Å². The molecule has 0 aromatic heterocycles. The standard InChI is InChI=1S/C67H128NO8P/c1-3-5-7-9-11-13-15-17-19-21-23-25-27-29-30-31-32-33-34-36-38-40-42-44-46-48-50-52-54-56-58-60-67(70)76-65(64-75-77(71,72)74-62-61-68)63-73-66(69)59-57-55-53-51-49-47-45-43-41-39-37-35-28-26-24-22-20-18-16-14-12-10-8-6-4-2/h15,17,21,23,27,29,65H,3-14,16,18-20,22,24-26,28,30-64,68H2,1-2H3,(H,71,72)/b17-15-,23-21-,29-27-. The SMILES string of the molecule is CCCCCCC/C=C\C/C=C\C/C=C\CCCCCCCCCCCCCCCCCCC(=O)OC(COC(=O)CCCCCCCCCCCCCCCCCCCCCCCCCCC)COP(=O)(O)OCCN. The first-order valence-electron chi connectivity index (χ1n) is 33.5. The van der Waals surface area contributed by atoms with Gasteiger partial charge in [-0.25, -0.2) is 4.57 Å². The van der Waals surface area contributed by atoms with E-state index in [0.29, 0.717) is 6.42 Å². The van der Waals surface area contributed by atoms with Crippen LogP contribution in [0.15, 0.2) is 36.5 Å². The molecule has 0 amide bonds. The van der Waals surface area contributed by atoms with Crippen LogP contribution >= 0.6 is 7.82 Å². The molecule has 2 unspecified atom stereocenters. The summed E-state index contributed by atoms with van der Waals surface area (Å²) in [6.07, 6.45) is 78.0. The van der Waals surface area contributed by atoms with Gasteiger partial charge in [-0.2, -0.15) is 0 Å². The Hall–Kier alpha value is -1.77. The summed E-state index contributed by atoms with van der Waals surface area (Å²) in [4.78, 5) is 35.3. The summed E-state index contributed by atoms with van der Waals surface area (Å²) in [6, 6.07) is 0. The van der Waals surface area contributed by atoms with Crippen molar-refractivity contribution in [2.24, 2.45) is 5.73 Å². The normalized spacial score (nSPS) is 13.1. The van der Waals surface area contributed by atoms with E-state index in [9.17, 15) is 19.0 Å². The lowest BCUT2D eigenvalue weighted by atomic mass is 10.0. The second-order valence-corrected chi connectivity index (χ2v) is 24.2.